The molecule has 0 amide bonds. The van der Waals surface area contributed by atoms with Crippen molar-refractivity contribution in [2.75, 3.05) is 12.4 Å². The number of hydrogen-bond donors (Lipinski definition) is 2. The van der Waals surface area contributed by atoms with Crippen molar-refractivity contribution in [1.29, 1.82) is 0 Å². The zero-order chi connectivity index (χ0) is 12.3. The molecular formula is C12H11NO4. The molecule has 5 nitrogen and oxygen atoms in total. The molecule has 2 N–H and O–H groups in total. The molecule has 0 aliphatic heterocycles. The number of para-hydroxylation sites is 2. The summed E-state index contributed by atoms with van der Waals surface area (Å²) in [5.74, 6) is -0.201. The van der Waals surface area contributed by atoms with Crippen LogP contribution >= 0.6 is 0 Å². The smallest absolute Gasteiger partial charge is 0.371 e. The van der Waals surface area contributed by atoms with Crippen molar-refractivity contribution in [1.82, 2.24) is 0 Å². The van der Waals surface area contributed by atoms with E-state index < -0.39 is 5.97 Å². The first-order valence-corrected chi connectivity index (χ1v) is 4.94. The van der Waals surface area contributed by atoms with E-state index in [0.717, 1.165) is 0 Å². The molecule has 1 heterocycles. The van der Waals surface area contributed by atoms with Gasteiger partial charge in [-0.1, -0.05) is 12.1 Å². The van der Waals surface area contributed by atoms with Crippen molar-refractivity contribution in [3.63, 3.8) is 0 Å². The van der Waals surface area contributed by atoms with Crippen LogP contribution in [0.2, 0.25) is 0 Å². The SMILES string of the molecule is COc1ccccc1Nc1ccc(C(=O)O)o1. The highest BCUT2D eigenvalue weighted by molar-refractivity contribution is 5.85. The van der Waals surface area contributed by atoms with Gasteiger partial charge in [0.05, 0.1) is 12.8 Å². The first kappa shape index (κ1) is 11.1. The fourth-order valence-electron chi connectivity index (χ4n) is 1.40. The maximum atomic E-state index is 10.6. The predicted octanol–water partition coefficient (Wildman–Crippen LogP) is 2.73. The van der Waals surface area contributed by atoms with E-state index in [2.05, 4.69) is 5.32 Å². The molecule has 0 aliphatic rings. The zero-order valence-electron chi connectivity index (χ0n) is 9.14. The number of nitrogens with one attached hydrogen (secondary N) is 1. The summed E-state index contributed by atoms with van der Waals surface area (Å²) >= 11 is 0. The number of furan rings is 1. The van der Waals surface area contributed by atoms with E-state index in [1.807, 2.05) is 18.2 Å². The third-order valence-electron chi connectivity index (χ3n) is 2.18. The average molecular weight is 233 g/mol. The van der Waals surface area contributed by atoms with Crippen LogP contribution in [0.15, 0.2) is 40.8 Å². The number of carbonyl (C=O) groups is 1. The highest BCUT2D eigenvalue weighted by atomic mass is 16.5. The molecule has 1 aromatic heterocycles. The Morgan fingerprint density at radius 2 is 2.06 bits per heavy atom. The maximum Gasteiger partial charge on any atom is 0.371 e. The van der Waals surface area contributed by atoms with Gasteiger partial charge in [-0.25, -0.2) is 4.79 Å². The van der Waals surface area contributed by atoms with Gasteiger partial charge in [0.1, 0.15) is 5.75 Å². The summed E-state index contributed by atoms with van der Waals surface area (Å²) in [5.41, 5.74) is 0.710. The number of carboxylic acids is 1. The largest absolute Gasteiger partial charge is 0.495 e. The Balaban J connectivity index is 2.22. The second-order valence-corrected chi connectivity index (χ2v) is 3.29. The quantitative estimate of drug-likeness (QED) is 0.849. The summed E-state index contributed by atoms with van der Waals surface area (Å²) in [6.45, 7) is 0. The number of carboxylic acid groups (broad SMARTS) is 1. The molecular weight excluding hydrogens is 222 g/mol. The van der Waals surface area contributed by atoms with E-state index in [9.17, 15) is 4.79 Å². The van der Waals surface area contributed by atoms with Gasteiger partial charge in [0.15, 0.2) is 5.88 Å². The first-order valence-electron chi connectivity index (χ1n) is 4.94. The minimum absolute atomic E-state index is 0.109. The number of hydrogen-bond acceptors (Lipinski definition) is 4. The molecule has 17 heavy (non-hydrogen) atoms. The lowest BCUT2D eigenvalue weighted by atomic mass is 10.3. The fraction of sp³-hybridized carbons (Fsp3) is 0.0833. The van der Waals surface area contributed by atoms with Crippen molar-refractivity contribution in [3.8, 4) is 5.75 Å². The van der Waals surface area contributed by atoms with E-state index in [1.54, 1.807) is 19.2 Å². The lowest BCUT2D eigenvalue weighted by Gasteiger charge is -2.08. The molecule has 88 valence electrons. The van der Waals surface area contributed by atoms with Crippen molar-refractivity contribution in [3.05, 3.63) is 42.2 Å². The van der Waals surface area contributed by atoms with Gasteiger partial charge in [0.25, 0.3) is 0 Å². The molecule has 2 aromatic rings. The normalized spacial score (nSPS) is 9.94. The standard InChI is InChI=1S/C12H11NO4/c1-16-9-5-3-2-4-8(9)13-11-7-6-10(17-11)12(14)15/h2-7,13H,1H3,(H,14,15). The summed E-state index contributed by atoms with van der Waals surface area (Å²) in [5, 5.41) is 11.7. The van der Waals surface area contributed by atoms with Gasteiger partial charge in [0.2, 0.25) is 5.76 Å². The molecule has 0 bridgehead atoms. The Labute approximate surface area is 97.6 Å². The van der Waals surface area contributed by atoms with Crippen molar-refractivity contribution in [2.24, 2.45) is 0 Å². The molecule has 0 aliphatic carbocycles. The van der Waals surface area contributed by atoms with Gasteiger partial charge < -0.3 is 19.6 Å². The van der Waals surface area contributed by atoms with Gasteiger partial charge >= 0.3 is 5.97 Å². The Kier molecular flexibility index (Phi) is 3.00. The maximum absolute atomic E-state index is 10.6. The Morgan fingerprint density at radius 1 is 1.29 bits per heavy atom. The minimum atomic E-state index is -1.10. The minimum Gasteiger partial charge on any atom is -0.495 e. The number of anilines is 2. The van der Waals surface area contributed by atoms with E-state index >= 15 is 0 Å². The Hall–Kier alpha value is -2.43. The lowest BCUT2D eigenvalue weighted by Crippen LogP contribution is -1.94. The van der Waals surface area contributed by atoms with Crippen LogP contribution in [-0.2, 0) is 0 Å². The van der Waals surface area contributed by atoms with E-state index in [0.29, 0.717) is 17.3 Å². The van der Waals surface area contributed by atoms with Crippen LogP contribution in [-0.4, -0.2) is 18.2 Å². The zero-order valence-corrected chi connectivity index (χ0v) is 9.14. The summed E-state index contributed by atoms with van der Waals surface area (Å²) in [4.78, 5) is 10.6. The molecule has 0 fully saturated rings. The molecule has 5 heteroatoms. The number of aromatic carboxylic acids is 1. The number of benzene rings is 1. The van der Waals surface area contributed by atoms with E-state index in [-0.39, 0.29) is 5.76 Å². The number of methoxy groups -OCH3 is 1. The van der Waals surface area contributed by atoms with Crippen LogP contribution in [0.3, 0.4) is 0 Å². The molecule has 2 rings (SSSR count). The first-order chi connectivity index (χ1) is 8.20. The summed E-state index contributed by atoms with van der Waals surface area (Å²) < 4.78 is 10.2. The van der Waals surface area contributed by atoms with Crippen LogP contribution in [0.1, 0.15) is 10.6 Å². The van der Waals surface area contributed by atoms with Gasteiger partial charge in [-0.05, 0) is 18.2 Å². The number of ether oxygens (including phenoxy) is 1. The fourth-order valence-corrected chi connectivity index (χ4v) is 1.40. The summed E-state index contributed by atoms with van der Waals surface area (Å²) in [6.07, 6.45) is 0. The van der Waals surface area contributed by atoms with Crippen LogP contribution < -0.4 is 10.1 Å². The third-order valence-corrected chi connectivity index (χ3v) is 2.18. The highest BCUT2D eigenvalue weighted by Crippen LogP contribution is 2.27. The Bertz CT molecular complexity index is 533. The molecule has 1 aromatic carbocycles. The van der Waals surface area contributed by atoms with Crippen LogP contribution in [0.25, 0.3) is 0 Å². The molecule has 0 saturated heterocycles. The molecule has 0 saturated carbocycles. The predicted molar refractivity (Wildman–Crippen MR) is 61.9 cm³/mol. The topological polar surface area (TPSA) is 71.7 Å². The van der Waals surface area contributed by atoms with Crippen molar-refractivity contribution in [2.45, 2.75) is 0 Å². The monoisotopic (exact) mass is 233 g/mol. The number of rotatable bonds is 4. The van der Waals surface area contributed by atoms with Crippen molar-refractivity contribution < 1.29 is 19.1 Å². The van der Waals surface area contributed by atoms with Crippen LogP contribution in [0.5, 0.6) is 5.75 Å². The molecule has 0 atom stereocenters. The second-order valence-electron chi connectivity index (χ2n) is 3.29. The van der Waals surface area contributed by atoms with Gasteiger partial charge in [0, 0.05) is 6.07 Å². The lowest BCUT2D eigenvalue weighted by molar-refractivity contribution is 0.0663. The molecule has 0 radical (unpaired) electrons. The Morgan fingerprint density at radius 3 is 2.71 bits per heavy atom. The van der Waals surface area contributed by atoms with Crippen LogP contribution in [0.4, 0.5) is 11.6 Å². The van der Waals surface area contributed by atoms with Gasteiger partial charge in [-0.2, -0.15) is 0 Å². The summed E-state index contributed by atoms with van der Waals surface area (Å²) in [6, 6.07) is 10.2. The molecule has 0 spiro atoms. The summed E-state index contributed by atoms with van der Waals surface area (Å²) in [7, 11) is 1.56. The third kappa shape index (κ3) is 2.39. The van der Waals surface area contributed by atoms with E-state index in [1.165, 1.54) is 6.07 Å². The van der Waals surface area contributed by atoms with Crippen LogP contribution in [0, 0.1) is 0 Å². The molecule has 0 unspecified atom stereocenters. The average Bonchev–Trinajstić information content (AvgIpc) is 2.78. The van der Waals surface area contributed by atoms with Crippen molar-refractivity contribution >= 4 is 17.5 Å². The van der Waals surface area contributed by atoms with E-state index in [4.69, 9.17) is 14.3 Å². The van der Waals surface area contributed by atoms with Gasteiger partial charge in [-0.3, -0.25) is 0 Å². The second kappa shape index (κ2) is 4.61. The highest BCUT2D eigenvalue weighted by Gasteiger charge is 2.10. The van der Waals surface area contributed by atoms with Gasteiger partial charge in [-0.15, -0.1) is 0 Å².